The van der Waals surface area contributed by atoms with Crippen molar-refractivity contribution in [1.29, 1.82) is 0 Å². The number of thioether (sulfide) groups is 1. The van der Waals surface area contributed by atoms with Crippen molar-refractivity contribution in [2.45, 2.75) is 51.0 Å². The lowest BCUT2D eigenvalue weighted by Crippen LogP contribution is -2.34. The molecule has 0 bridgehead atoms. The van der Waals surface area contributed by atoms with Crippen molar-refractivity contribution >= 4 is 17.7 Å². The van der Waals surface area contributed by atoms with Gasteiger partial charge in [-0.05, 0) is 44.4 Å². The normalized spacial score (nSPS) is 13.6. The third-order valence-electron chi connectivity index (χ3n) is 4.88. The largest absolute Gasteiger partial charge is 0.461 e. The summed E-state index contributed by atoms with van der Waals surface area (Å²) >= 11 is 1.44. The fourth-order valence-electron chi connectivity index (χ4n) is 3.18. The Kier molecular flexibility index (Phi) is 5.52. The summed E-state index contributed by atoms with van der Waals surface area (Å²) < 4.78 is 7.43. The van der Waals surface area contributed by atoms with E-state index in [1.165, 1.54) is 22.9 Å². The zero-order valence-electron chi connectivity index (χ0n) is 16.2. The zero-order chi connectivity index (χ0) is 19.5. The first-order valence-electron chi connectivity index (χ1n) is 9.60. The monoisotopic (exact) mass is 396 g/mol. The Morgan fingerprint density at radius 2 is 2.04 bits per heavy atom. The molecule has 0 saturated heterocycles. The SMILES string of the molecule is CCn1c(SCC(=O)N(Cc2ccc(C)cc2)C2CC2)nnc1-c1ccco1. The van der Waals surface area contributed by atoms with Crippen molar-refractivity contribution in [1.82, 2.24) is 19.7 Å². The second-order valence-corrected chi connectivity index (χ2v) is 8.00. The molecule has 2 heterocycles. The number of amides is 1. The van der Waals surface area contributed by atoms with E-state index in [0.717, 1.165) is 24.5 Å². The molecule has 28 heavy (non-hydrogen) atoms. The van der Waals surface area contributed by atoms with E-state index in [2.05, 4.69) is 41.4 Å². The third-order valence-corrected chi connectivity index (χ3v) is 5.83. The van der Waals surface area contributed by atoms with Gasteiger partial charge in [-0.25, -0.2) is 0 Å². The number of carbonyl (C=O) groups is 1. The second-order valence-electron chi connectivity index (χ2n) is 7.05. The molecule has 0 spiro atoms. The molecule has 3 aromatic rings. The van der Waals surface area contributed by atoms with E-state index in [-0.39, 0.29) is 5.91 Å². The minimum atomic E-state index is 0.151. The Labute approximate surface area is 168 Å². The first-order chi connectivity index (χ1) is 13.7. The Morgan fingerprint density at radius 1 is 1.25 bits per heavy atom. The van der Waals surface area contributed by atoms with E-state index >= 15 is 0 Å². The number of aromatic nitrogens is 3. The highest BCUT2D eigenvalue weighted by Gasteiger charge is 2.32. The Hall–Kier alpha value is -2.54. The number of furan rings is 1. The zero-order valence-corrected chi connectivity index (χ0v) is 17.0. The number of rotatable bonds is 8. The predicted molar refractivity (Wildman–Crippen MR) is 109 cm³/mol. The lowest BCUT2D eigenvalue weighted by molar-refractivity contribution is -0.129. The van der Waals surface area contributed by atoms with E-state index in [0.29, 0.717) is 29.9 Å². The van der Waals surface area contributed by atoms with Gasteiger partial charge in [0.2, 0.25) is 5.91 Å². The standard InChI is InChI=1S/C21H24N4O2S/c1-3-24-20(18-5-4-12-27-18)22-23-21(24)28-14-19(26)25(17-10-11-17)13-16-8-6-15(2)7-9-16/h4-9,12,17H,3,10-11,13-14H2,1-2H3. The summed E-state index contributed by atoms with van der Waals surface area (Å²) in [6.45, 7) is 5.50. The van der Waals surface area contributed by atoms with Gasteiger partial charge in [0.05, 0.1) is 12.0 Å². The molecule has 0 unspecified atom stereocenters. The molecule has 1 aliphatic carbocycles. The number of hydrogen-bond donors (Lipinski definition) is 0. The third kappa shape index (κ3) is 4.14. The van der Waals surface area contributed by atoms with Crippen LogP contribution in [0, 0.1) is 6.92 Å². The molecule has 7 heteroatoms. The first-order valence-corrected chi connectivity index (χ1v) is 10.6. The van der Waals surface area contributed by atoms with Crippen LogP contribution in [0.5, 0.6) is 0 Å². The fourth-order valence-corrected chi connectivity index (χ4v) is 4.06. The Bertz CT molecular complexity index is 930. The van der Waals surface area contributed by atoms with Gasteiger partial charge in [-0.15, -0.1) is 10.2 Å². The van der Waals surface area contributed by atoms with E-state index in [9.17, 15) is 4.79 Å². The molecule has 4 rings (SSSR count). The highest BCUT2D eigenvalue weighted by atomic mass is 32.2. The molecule has 146 valence electrons. The van der Waals surface area contributed by atoms with Gasteiger partial charge in [-0.2, -0.15) is 0 Å². The Morgan fingerprint density at radius 3 is 2.68 bits per heavy atom. The molecule has 0 N–H and O–H groups in total. The lowest BCUT2D eigenvalue weighted by Gasteiger charge is -2.22. The maximum Gasteiger partial charge on any atom is 0.233 e. The van der Waals surface area contributed by atoms with Crippen molar-refractivity contribution in [3.63, 3.8) is 0 Å². The summed E-state index contributed by atoms with van der Waals surface area (Å²) in [7, 11) is 0. The number of hydrogen-bond acceptors (Lipinski definition) is 5. The summed E-state index contributed by atoms with van der Waals surface area (Å²) in [6.07, 6.45) is 3.81. The summed E-state index contributed by atoms with van der Waals surface area (Å²) in [5.41, 5.74) is 2.41. The van der Waals surface area contributed by atoms with Gasteiger partial charge in [-0.3, -0.25) is 9.36 Å². The van der Waals surface area contributed by atoms with Crippen LogP contribution in [0.2, 0.25) is 0 Å². The van der Waals surface area contributed by atoms with E-state index in [1.807, 2.05) is 28.5 Å². The highest BCUT2D eigenvalue weighted by Crippen LogP contribution is 2.30. The van der Waals surface area contributed by atoms with Crippen LogP contribution in [0.1, 0.15) is 30.9 Å². The molecule has 1 fully saturated rings. The van der Waals surface area contributed by atoms with Crippen molar-refractivity contribution in [2.24, 2.45) is 0 Å². The first kappa shape index (κ1) is 18.8. The van der Waals surface area contributed by atoms with Crippen LogP contribution in [0.15, 0.2) is 52.2 Å². The van der Waals surface area contributed by atoms with Gasteiger partial charge < -0.3 is 9.32 Å². The van der Waals surface area contributed by atoms with Crippen molar-refractivity contribution in [3.05, 3.63) is 53.8 Å². The van der Waals surface area contributed by atoms with Crippen LogP contribution < -0.4 is 0 Å². The smallest absolute Gasteiger partial charge is 0.233 e. The van der Waals surface area contributed by atoms with Gasteiger partial charge in [-0.1, -0.05) is 41.6 Å². The van der Waals surface area contributed by atoms with Gasteiger partial charge in [0.15, 0.2) is 16.7 Å². The van der Waals surface area contributed by atoms with Crippen LogP contribution >= 0.6 is 11.8 Å². The average Bonchev–Trinajstić information content (AvgIpc) is 3.24. The van der Waals surface area contributed by atoms with Gasteiger partial charge >= 0.3 is 0 Å². The highest BCUT2D eigenvalue weighted by molar-refractivity contribution is 7.99. The number of aryl methyl sites for hydroxylation is 1. The van der Waals surface area contributed by atoms with Crippen LogP contribution in [0.3, 0.4) is 0 Å². The molecule has 1 amide bonds. The lowest BCUT2D eigenvalue weighted by atomic mass is 10.1. The van der Waals surface area contributed by atoms with Crippen LogP contribution in [-0.2, 0) is 17.9 Å². The molecule has 2 aromatic heterocycles. The number of carbonyl (C=O) groups excluding carboxylic acids is 1. The second kappa shape index (κ2) is 8.22. The fraction of sp³-hybridized carbons (Fsp3) is 0.381. The summed E-state index contributed by atoms with van der Waals surface area (Å²) in [6, 6.07) is 12.5. The molecule has 1 aliphatic rings. The molecule has 0 atom stereocenters. The van der Waals surface area contributed by atoms with Crippen LogP contribution in [0.25, 0.3) is 11.6 Å². The molecule has 0 radical (unpaired) electrons. The summed E-state index contributed by atoms with van der Waals surface area (Å²) in [4.78, 5) is 14.9. The average molecular weight is 397 g/mol. The minimum Gasteiger partial charge on any atom is -0.461 e. The van der Waals surface area contributed by atoms with Gasteiger partial charge in [0.1, 0.15) is 0 Å². The maximum atomic E-state index is 12.9. The molecular formula is C21H24N4O2S. The molecule has 6 nitrogen and oxygen atoms in total. The molecule has 0 aliphatic heterocycles. The van der Waals surface area contributed by atoms with E-state index in [4.69, 9.17) is 4.42 Å². The van der Waals surface area contributed by atoms with E-state index in [1.54, 1.807) is 6.26 Å². The minimum absolute atomic E-state index is 0.151. The molecule has 1 aromatic carbocycles. The topological polar surface area (TPSA) is 64.2 Å². The van der Waals surface area contributed by atoms with Crippen molar-refractivity contribution in [2.75, 3.05) is 5.75 Å². The maximum absolute atomic E-state index is 12.9. The van der Waals surface area contributed by atoms with Gasteiger partial charge in [0, 0.05) is 19.1 Å². The van der Waals surface area contributed by atoms with Crippen molar-refractivity contribution < 1.29 is 9.21 Å². The predicted octanol–water partition coefficient (Wildman–Crippen LogP) is 4.15. The molecule has 1 saturated carbocycles. The summed E-state index contributed by atoms with van der Waals surface area (Å²) in [5, 5.41) is 9.27. The molecular weight excluding hydrogens is 372 g/mol. The number of benzene rings is 1. The number of nitrogens with zero attached hydrogens (tertiary/aromatic N) is 4. The van der Waals surface area contributed by atoms with Crippen molar-refractivity contribution in [3.8, 4) is 11.6 Å². The van der Waals surface area contributed by atoms with Crippen LogP contribution in [-0.4, -0.2) is 37.4 Å². The summed E-state index contributed by atoms with van der Waals surface area (Å²) in [5.74, 6) is 1.89. The van der Waals surface area contributed by atoms with Gasteiger partial charge in [0.25, 0.3) is 0 Å². The van der Waals surface area contributed by atoms with Crippen LogP contribution in [0.4, 0.5) is 0 Å². The quantitative estimate of drug-likeness (QED) is 0.535. The van der Waals surface area contributed by atoms with E-state index < -0.39 is 0 Å². The Balaban J connectivity index is 1.43.